The van der Waals surface area contributed by atoms with E-state index in [9.17, 15) is 9.59 Å². The topological polar surface area (TPSA) is 79.5 Å². The van der Waals surface area contributed by atoms with Gasteiger partial charge in [0.05, 0.1) is 6.54 Å². The summed E-state index contributed by atoms with van der Waals surface area (Å²) in [5.74, 6) is 0.506. The maximum absolute atomic E-state index is 12.1. The first-order valence-corrected chi connectivity index (χ1v) is 7.57. The first-order valence-electron chi connectivity index (χ1n) is 7.57. The highest BCUT2D eigenvalue weighted by Crippen LogP contribution is 2.30. The lowest BCUT2D eigenvalue weighted by Gasteiger charge is -2.15. The Balaban J connectivity index is 1.82. The Morgan fingerprint density at radius 2 is 2.10 bits per heavy atom. The molecule has 2 rings (SSSR count). The van der Waals surface area contributed by atoms with Gasteiger partial charge in [0.15, 0.2) is 0 Å². The molecule has 1 atom stereocenters. The monoisotopic (exact) mass is 293 g/mol. The number of hydrogen-bond acceptors (Lipinski definition) is 3. The predicted molar refractivity (Wildman–Crippen MR) is 78.0 cm³/mol. The molecule has 0 bridgehead atoms. The number of aromatic carboxylic acids is 1. The molecule has 1 heterocycles. The van der Waals surface area contributed by atoms with Crippen LogP contribution in [0.5, 0.6) is 0 Å². The minimum atomic E-state index is -1.01. The van der Waals surface area contributed by atoms with Crippen molar-refractivity contribution >= 4 is 11.9 Å². The van der Waals surface area contributed by atoms with Crippen LogP contribution in [-0.2, 0) is 11.3 Å². The molecule has 1 amide bonds. The molecule has 0 aliphatic heterocycles. The van der Waals surface area contributed by atoms with Gasteiger partial charge in [-0.15, -0.1) is 0 Å². The van der Waals surface area contributed by atoms with E-state index in [0.717, 1.165) is 6.42 Å². The molecule has 116 valence electrons. The van der Waals surface area contributed by atoms with Gasteiger partial charge in [-0.25, -0.2) is 4.79 Å². The third kappa shape index (κ3) is 4.09. The smallest absolute Gasteiger partial charge is 0.339 e. The number of nitrogens with one attached hydrogen (secondary N) is 1. The van der Waals surface area contributed by atoms with E-state index in [1.165, 1.54) is 31.7 Å². The molecule has 1 aromatic rings. The molecule has 0 saturated heterocycles. The molecule has 1 unspecified atom stereocenters. The maximum atomic E-state index is 12.1. The predicted octanol–water partition coefficient (Wildman–Crippen LogP) is 3.12. The summed E-state index contributed by atoms with van der Waals surface area (Å²) >= 11 is 0. The summed E-state index contributed by atoms with van der Waals surface area (Å²) < 4.78 is 5.34. The van der Waals surface area contributed by atoms with Crippen molar-refractivity contribution in [3.05, 3.63) is 23.2 Å². The largest absolute Gasteiger partial charge is 0.478 e. The summed E-state index contributed by atoms with van der Waals surface area (Å²) in [5.41, 5.74) is 0.151. The van der Waals surface area contributed by atoms with Crippen LogP contribution >= 0.6 is 0 Å². The highest BCUT2D eigenvalue weighted by atomic mass is 16.4. The normalized spacial score (nSPS) is 16.9. The lowest BCUT2D eigenvalue weighted by molar-refractivity contribution is -0.125. The fourth-order valence-electron chi connectivity index (χ4n) is 3.04. The second-order valence-electron chi connectivity index (χ2n) is 5.99. The molecule has 1 saturated carbocycles. The number of amides is 1. The fourth-order valence-corrected chi connectivity index (χ4v) is 3.04. The van der Waals surface area contributed by atoms with Crippen LogP contribution in [0.4, 0.5) is 0 Å². The molecule has 5 heteroatoms. The van der Waals surface area contributed by atoms with Gasteiger partial charge in [0.1, 0.15) is 17.1 Å². The Bertz CT molecular complexity index is 514. The van der Waals surface area contributed by atoms with Crippen molar-refractivity contribution in [2.75, 3.05) is 0 Å². The summed E-state index contributed by atoms with van der Waals surface area (Å²) in [5, 5.41) is 11.8. The van der Waals surface area contributed by atoms with Crippen LogP contribution in [0.1, 0.15) is 60.9 Å². The zero-order chi connectivity index (χ0) is 15.4. The van der Waals surface area contributed by atoms with E-state index in [1.54, 1.807) is 6.92 Å². The number of carboxylic acid groups (broad SMARTS) is 1. The van der Waals surface area contributed by atoms with E-state index in [-0.39, 0.29) is 23.9 Å². The third-order valence-electron chi connectivity index (χ3n) is 4.25. The quantitative estimate of drug-likeness (QED) is 0.844. The van der Waals surface area contributed by atoms with Crippen LogP contribution in [0.25, 0.3) is 0 Å². The maximum Gasteiger partial charge on any atom is 0.339 e. The molecule has 5 nitrogen and oxygen atoms in total. The van der Waals surface area contributed by atoms with Crippen LogP contribution in [-0.4, -0.2) is 17.0 Å². The van der Waals surface area contributed by atoms with Crippen molar-refractivity contribution in [3.8, 4) is 0 Å². The van der Waals surface area contributed by atoms with Crippen molar-refractivity contribution in [1.29, 1.82) is 0 Å². The lowest BCUT2D eigenvalue weighted by atomic mass is 9.94. The average molecular weight is 293 g/mol. The van der Waals surface area contributed by atoms with Gasteiger partial charge in [-0.1, -0.05) is 32.6 Å². The molecular weight excluding hydrogens is 270 g/mol. The number of hydrogen-bond donors (Lipinski definition) is 2. The molecule has 0 aromatic carbocycles. The van der Waals surface area contributed by atoms with E-state index in [1.807, 2.05) is 6.92 Å². The lowest BCUT2D eigenvalue weighted by Crippen LogP contribution is -2.29. The fraction of sp³-hybridized carbons (Fsp3) is 0.625. The molecule has 0 spiro atoms. The van der Waals surface area contributed by atoms with Crippen molar-refractivity contribution in [2.45, 2.75) is 52.5 Å². The summed E-state index contributed by atoms with van der Waals surface area (Å²) in [6.07, 6.45) is 5.96. The van der Waals surface area contributed by atoms with Gasteiger partial charge >= 0.3 is 5.97 Å². The highest BCUT2D eigenvalue weighted by molar-refractivity contribution is 5.88. The number of aryl methyl sites for hydroxylation is 1. The standard InChI is InChI=1S/C16H23NO4/c1-10(7-12-5-3-4-6-12)15(18)17-9-13-8-14(16(19)20)11(2)21-13/h8,10,12H,3-7,9H2,1-2H3,(H,17,18)(H,19,20). The van der Waals surface area contributed by atoms with E-state index >= 15 is 0 Å². The summed E-state index contributed by atoms with van der Waals surface area (Å²) in [6, 6.07) is 1.47. The summed E-state index contributed by atoms with van der Waals surface area (Å²) in [4.78, 5) is 23.0. The molecule has 1 aliphatic carbocycles. The Hall–Kier alpha value is -1.78. The Morgan fingerprint density at radius 1 is 1.43 bits per heavy atom. The van der Waals surface area contributed by atoms with Gasteiger partial charge in [0.25, 0.3) is 0 Å². The number of carboxylic acids is 1. The van der Waals surface area contributed by atoms with Gasteiger partial charge in [0.2, 0.25) is 5.91 Å². The Labute approximate surface area is 124 Å². The van der Waals surface area contributed by atoms with E-state index < -0.39 is 5.97 Å². The van der Waals surface area contributed by atoms with E-state index in [4.69, 9.17) is 9.52 Å². The molecule has 1 aromatic heterocycles. The molecular formula is C16H23NO4. The number of carbonyl (C=O) groups excluding carboxylic acids is 1. The van der Waals surface area contributed by atoms with Crippen LogP contribution < -0.4 is 5.32 Å². The van der Waals surface area contributed by atoms with Crippen molar-refractivity contribution in [1.82, 2.24) is 5.32 Å². The van der Waals surface area contributed by atoms with Gasteiger partial charge in [-0.2, -0.15) is 0 Å². The molecule has 1 aliphatic rings. The van der Waals surface area contributed by atoms with Crippen molar-refractivity contribution in [2.24, 2.45) is 11.8 Å². The molecule has 1 fully saturated rings. The van der Waals surface area contributed by atoms with Crippen LogP contribution in [0, 0.1) is 18.8 Å². The van der Waals surface area contributed by atoms with E-state index in [2.05, 4.69) is 5.32 Å². The second kappa shape index (κ2) is 6.78. The first-order chi connectivity index (χ1) is 9.97. The Morgan fingerprint density at radius 3 is 2.67 bits per heavy atom. The van der Waals surface area contributed by atoms with Crippen LogP contribution in [0.3, 0.4) is 0 Å². The molecule has 0 radical (unpaired) electrons. The SMILES string of the molecule is Cc1oc(CNC(=O)C(C)CC2CCCC2)cc1C(=O)O. The minimum absolute atomic E-state index is 0.00725. The first kappa shape index (κ1) is 15.6. The zero-order valence-electron chi connectivity index (χ0n) is 12.6. The second-order valence-corrected chi connectivity index (χ2v) is 5.99. The highest BCUT2D eigenvalue weighted by Gasteiger charge is 2.22. The number of rotatable bonds is 6. The Kier molecular flexibility index (Phi) is 5.04. The van der Waals surface area contributed by atoms with Gasteiger partial charge < -0.3 is 14.8 Å². The van der Waals surface area contributed by atoms with Gasteiger partial charge in [-0.3, -0.25) is 4.79 Å². The van der Waals surface area contributed by atoms with Crippen LogP contribution in [0.15, 0.2) is 10.5 Å². The van der Waals surface area contributed by atoms with Gasteiger partial charge in [0, 0.05) is 5.92 Å². The third-order valence-corrected chi connectivity index (χ3v) is 4.25. The summed E-state index contributed by atoms with van der Waals surface area (Å²) in [6.45, 7) is 3.79. The van der Waals surface area contributed by atoms with Crippen LogP contribution in [0.2, 0.25) is 0 Å². The minimum Gasteiger partial charge on any atom is -0.478 e. The number of carbonyl (C=O) groups is 2. The molecule has 2 N–H and O–H groups in total. The summed E-state index contributed by atoms with van der Waals surface area (Å²) in [7, 11) is 0. The molecule has 21 heavy (non-hydrogen) atoms. The van der Waals surface area contributed by atoms with E-state index in [0.29, 0.717) is 17.4 Å². The average Bonchev–Trinajstić information content (AvgIpc) is 3.05. The van der Waals surface area contributed by atoms with Crippen molar-refractivity contribution < 1.29 is 19.1 Å². The van der Waals surface area contributed by atoms with Gasteiger partial charge in [-0.05, 0) is 25.3 Å². The van der Waals surface area contributed by atoms with Crippen molar-refractivity contribution in [3.63, 3.8) is 0 Å². The zero-order valence-corrected chi connectivity index (χ0v) is 12.6. The number of furan rings is 1.